The highest BCUT2D eigenvalue weighted by atomic mass is 16.3. The molecule has 0 atom stereocenters. The number of rotatable bonds is 3. The average molecular weight is 221 g/mol. The quantitative estimate of drug-likeness (QED) is 0.818. The Labute approximate surface area is 96.1 Å². The van der Waals surface area contributed by atoms with Crippen LogP contribution in [0.3, 0.4) is 0 Å². The summed E-state index contributed by atoms with van der Waals surface area (Å²) in [7, 11) is 0. The number of aliphatic hydroxyl groups is 1. The molecule has 2 rings (SSSR count). The first kappa shape index (κ1) is 11.3. The zero-order chi connectivity index (χ0) is 11.4. The fourth-order valence-corrected chi connectivity index (χ4v) is 2.19. The summed E-state index contributed by atoms with van der Waals surface area (Å²) in [6, 6.07) is 0. The van der Waals surface area contributed by atoms with E-state index in [-0.39, 0.29) is 0 Å². The van der Waals surface area contributed by atoms with Crippen LogP contribution in [0.15, 0.2) is 12.4 Å². The van der Waals surface area contributed by atoms with Crippen molar-refractivity contribution in [1.82, 2.24) is 9.97 Å². The van der Waals surface area contributed by atoms with Crippen molar-refractivity contribution in [3.63, 3.8) is 0 Å². The molecular weight excluding hydrogens is 202 g/mol. The van der Waals surface area contributed by atoms with Crippen LogP contribution in [-0.2, 0) is 0 Å². The fraction of sp³-hybridized carbons (Fsp3) is 0.667. The zero-order valence-corrected chi connectivity index (χ0v) is 9.74. The maximum atomic E-state index is 10.3. The molecule has 1 saturated carbocycles. The van der Waals surface area contributed by atoms with Gasteiger partial charge in [0.25, 0.3) is 0 Å². The summed E-state index contributed by atoms with van der Waals surface area (Å²) < 4.78 is 0. The van der Waals surface area contributed by atoms with Crippen molar-refractivity contribution in [2.45, 2.75) is 44.6 Å². The van der Waals surface area contributed by atoms with Gasteiger partial charge < -0.3 is 10.4 Å². The van der Waals surface area contributed by atoms with Gasteiger partial charge in [-0.3, -0.25) is 4.98 Å². The van der Waals surface area contributed by atoms with Crippen molar-refractivity contribution in [2.24, 2.45) is 0 Å². The molecule has 1 fully saturated rings. The first-order valence-electron chi connectivity index (χ1n) is 5.93. The lowest BCUT2D eigenvalue weighted by Gasteiger charge is -2.32. The number of nitrogens with one attached hydrogen (secondary N) is 1. The van der Waals surface area contributed by atoms with E-state index in [1.165, 1.54) is 6.42 Å². The van der Waals surface area contributed by atoms with Gasteiger partial charge in [-0.25, -0.2) is 4.98 Å². The third kappa shape index (κ3) is 2.92. The van der Waals surface area contributed by atoms with E-state index in [0.29, 0.717) is 6.54 Å². The van der Waals surface area contributed by atoms with E-state index >= 15 is 0 Å². The van der Waals surface area contributed by atoms with Crippen molar-refractivity contribution in [3.8, 4) is 0 Å². The van der Waals surface area contributed by atoms with Crippen LogP contribution in [0.1, 0.15) is 37.8 Å². The van der Waals surface area contributed by atoms with Crippen molar-refractivity contribution in [2.75, 3.05) is 11.9 Å². The second-order valence-corrected chi connectivity index (χ2v) is 4.68. The Kier molecular flexibility index (Phi) is 3.39. The Morgan fingerprint density at radius 3 is 2.75 bits per heavy atom. The minimum atomic E-state index is -0.552. The summed E-state index contributed by atoms with van der Waals surface area (Å²) in [4.78, 5) is 8.37. The van der Waals surface area contributed by atoms with Crippen molar-refractivity contribution in [3.05, 3.63) is 18.1 Å². The largest absolute Gasteiger partial charge is 0.388 e. The Hall–Kier alpha value is -1.16. The smallest absolute Gasteiger partial charge is 0.144 e. The second kappa shape index (κ2) is 4.78. The predicted molar refractivity (Wildman–Crippen MR) is 63.3 cm³/mol. The molecule has 4 nitrogen and oxygen atoms in total. The number of hydrogen-bond donors (Lipinski definition) is 2. The molecular formula is C12H19N3O. The molecule has 0 bridgehead atoms. The van der Waals surface area contributed by atoms with Gasteiger partial charge >= 0.3 is 0 Å². The van der Waals surface area contributed by atoms with Crippen LogP contribution in [0.5, 0.6) is 0 Å². The molecule has 0 spiro atoms. The molecule has 0 aromatic carbocycles. The normalized spacial score (nSPS) is 19.4. The van der Waals surface area contributed by atoms with Gasteiger partial charge in [0.1, 0.15) is 5.82 Å². The molecule has 88 valence electrons. The number of anilines is 1. The molecule has 1 aromatic rings. The van der Waals surface area contributed by atoms with Gasteiger partial charge in [-0.1, -0.05) is 19.3 Å². The van der Waals surface area contributed by atoms with Gasteiger partial charge in [0.05, 0.1) is 17.5 Å². The van der Waals surface area contributed by atoms with E-state index in [9.17, 15) is 5.11 Å². The first-order valence-corrected chi connectivity index (χ1v) is 5.93. The maximum Gasteiger partial charge on any atom is 0.144 e. The molecule has 1 aromatic heterocycles. The van der Waals surface area contributed by atoms with Crippen molar-refractivity contribution in [1.29, 1.82) is 0 Å². The standard InChI is InChI=1S/C12H19N3O/c1-10-7-13-8-11(15-10)14-9-12(16)5-3-2-4-6-12/h7-8,16H,2-6,9H2,1H3,(H,14,15). The minimum absolute atomic E-state index is 0.552. The van der Waals surface area contributed by atoms with Crippen LogP contribution in [0.2, 0.25) is 0 Å². The van der Waals surface area contributed by atoms with Gasteiger partial charge in [-0.05, 0) is 19.8 Å². The SMILES string of the molecule is Cc1cncc(NCC2(O)CCCCC2)n1. The van der Waals surface area contributed by atoms with Gasteiger partial charge in [-0.15, -0.1) is 0 Å². The number of aromatic nitrogens is 2. The van der Waals surface area contributed by atoms with Crippen LogP contribution in [0, 0.1) is 6.92 Å². The van der Waals surface area contributed by atoms with Crippen LogP contribution in [0.25, 0.3) is 0 Å². The van der Waals surface area contributed by atoms with E-state index in [1.807, 2.05) is 6.92 Å². The lowest BCUT2D eigenvalue weighted by molar-refractivity contribution is 0.0166. The Morgan fingerprint density at radius 1 is 1.31 bits per heavy atom. The summed E-state index contributed by atoms with van der Waals surface area (Å²) >= 11 is 0. The molecule has 0 radical (unpaired) electrons. The van der Waals surface area contributed by atoms with Gasteiger partial charge in [0.2, 0.25) is 0 Å². The number of nitrogens with zero attached hydrogens (tertiary/aromatic N) is 2. The molecule has 1 aliphatic rings. The average Bonchev–Trinajstić information content (AvgIpc) is 2.28. The summed E-state index contributed by atoms with van der Waals surface area (Å²) in [5, 5.41) is 13.5. The molecule has 0 unspecified atom stereocenters. The van der Waals surface area contributed by atoms with Gasteiger partial charge in [0, 0.05) is 12.7 Å². The van der Waals surface area contributed by atoms with E-state index in [1.54, 1.807) is 12.4 Å². The minimum Gasteiger partial charge on any atom is -0.388 e. The highest BCUT2D eigenvalue weighted by Gasteiger charge is 2.28. The lowest BCUT2D eigenvalue weighted by atomic mass is 9.85. The van der Waals surface area contributed by atoms with Gasteiger partial charge in [0.15, 0.2) is 0 Å². The molecule has 1 aliphatic carbocycles. The molecule has 2 N–H and O–H groups in total. The molecule has 4 heteroatoms. The van der Waals surface area contributed by atoms with Crippen molar-refractivity contribution < 1.29 is 5.11 Å². The van der Waals surface area contributed by atoms with E-state index in [4.69, 9.17) is 0 Å². The van der Waals surface area contributed by atoms with Crippen LogP contribution < -0.4 is 5.32 Å². The molecule has 0 amide bonds. The van der Waals surface area contributed by atoms with Crippen LogP contribution >= 0.6 is 0 Å². The maximum absolute atomic E-state index is 10.3. The van der Waals surface area contributed by atoms with E-state index in [2.05, 4.69) is 15.3 Å². The monoisotopic (exact) mass is 221 g/mol. The summed E-state index contributed by atoms with van der Waals surface area (Å²) in [5.74, 6) is 0.749. The van der Waals surface area contributed by atoms with E-state index < -0.39 is 5.60 Å². The van der Waals surface area contributed by atoms with Crippen LogP contribution in [-0.4, -0.2) is 27.2 Å². The van der Waals surface area contributed by atoms with Crippen molar-refractivity contribution >= 4 is 5.82 Å². The first-order chi connectivity index (χ1) is 7.68. The highest BCUT2D eigenvalue weighted by molar-refractivity contribution is 5.32. The van der Waals surface area contributed by atoms with Gasteiger partial charge in [-0.2, -0.15) is 0 Å². The Morgan fingerprint density at radius 2 is 2.06 bits per heavy atom. The highest BCUT2D eigenvalue weighted by Crippen LogP contribution is 2.27. The van der Waals surface area contributed by atoms with Crippen LogP contribution in [0.4, 0.5) is 5.82 Å². The predicted octanol–water partition coefficient (Wildman–Crippen LogP) is 1.89. The second-order valence-electron chi connectivity index (χ2n) is 4.68. The van der Waals surface area contributed by atoms with E-state index in [0.717, 1.165) is 37.2 Å². The summed E-state index contributed by atoms with van der Waals surface area (Å²) in [6.07, 6.45) is 8.68. The zero-order valence-electron chi connectivity index (χ0n) is 9.74. The molecule has 0 aliphatic heterocycles. The molecule has 16 heavy (non-hydrogen) atoms. The Balaban J connectivity index is 1.91. The number of aryl methyl sites for hydroxylation is 1. The third-order valence-corrected chi connectivity index (χ3v) is 3.14. The fourth-order valence-electron chi connectivity index (χ4n) is 2.19. The summed E-state index contributed by atoms with van der Waals surface area (Å²) in [5.41, 5.74) is 0.338. The topological polar surface area (TPSA) is 58.0 Å². The lowest BCUT2D eigenvalue weighted by Crippen LogP contribution is -2.38. The molecule has 0 saturated heterocycles. The summed E-state index contributed by atoms with van der Waals surface area (Å²) in [6.45, 7) is 2.48. The number of hydrogen-bond acceptors (Lipinski definition) is 4. The molecule has 1 heterocycles. The third-order valence-electron chi connectivity index (χ3n) is 3.14. The Bertz CT molecular complexity index is 348.